The van der Waals surface area contributed by atoms with Crippen LogP contribution < -0.4 is 5.32 Å². The molecule has 0 saturated heterocycles. The van der Waals surface area contributed by atoms with Crippen molar-refractivity contribution in [2.75, 3.05) is 0 Å². The maximum absolute atomic E-state index is 13.9. The second-order valence-corrected chi connectivity index (χ2v) is 4.20. The molecule has 1 N–H and O–H groups in total. The summed E-state index contributed by atoms with van der Waals surface area (Å²) < 4.78 is 27.9. The Morgan fingerprint density at radius 3 is 2.47 bits per heavy atom. The number of fused-ring (bicyclic) bond motifs is 1. The van der Waals surface area contributed by atoms with Gasteiger partial charge in [-0.2, -0.15) is 8.78 Å². The molecule has 0 spiro atoms. The number of carbonyl (C=O) groups excluding carboxylic acids is 1. The first-order chi connectivity index (χ1) is 6.86. The molecule has 0 radical (unpaired) electrons. The van der Waals surface area contributed by atoms with Crippen LogP contribution in [0, 0.1) is 0 Å². The Balaban J connectivity index is 2.68. The molecule has 1 aliphatic rings. The molecule has 1 aromatic rings. The lowest BCUT2D eigenvalue weighted by Gasteiger charge is -2.39. The van der Waals surface area contributed by atoms with Crippen LogP contribution in [0.15, 0.2) is 24.3 Å². The fourth-order valence-electron chi connectivity index (χ4n) is 1.72. The van der Waals surface area contributed by atoms with E-state index in [1.165, 1.54) is 32.0 Å². The first-order valence-corrected chi connectivity index (χ1v) is 4.66. The maximum atomic E-state index is 13.9. The van der Waals surface area contributed by atoms with Gasteiger partial charge in [-0.25, -0.2) is 0 Å². The van der Waals surface area contributed by atoms with E-state index in [1.807, 2.05) is 0 Å². The third kappa shape index (κ3) is 1.24. The SMILES string of the molecule is CC1(C)NC(=O)c2ccccc2C1(F)F. The van der Waals surface area contributed by atoms with Crippen molar-refractivity contribution in [2.45, 2.75) is 25.3 Å². The number of amides is 1. The minimum atomic E-state index is -3.04. The van der Waals surface area contributed by atoms with Gasteiger partial charge in [0.15, 0.2) is 0 Å². The first kappa shape index (κ1) is 10.1. The van der Waals surface area contributed by atoms with Crippen molar-refractivity contribution in [1.82, 2.24) is 5.32 Å². The molecule has 1 amide bonds. The smallest absolute Gasteiger partial charge is 0.295 e. The number of hydrogen-bond donors (Lipinski definition) is 1. The second-order valence-electron chi connectivity index (χ2n) is 4.20. The highest BCUT2D eigenvalue weighted by Crippen LogP contribution is 2.43. The van der Waals surface area contributed by atoms with Gasteiger partial charge in [-0.3, -0.25) is 4.79 Å². The van der Waals surface area contributed by atoms with Crippen LogP contribution in [0.4, 0.5) is 8.78 Å². The number of halogens is 2. The van der Waals surface area contributed by atoms with Crippen LogP contribution in [0.1, 0.15) is 29.8 Å². The van der Waals surface area contributed by atoms with E-state index in [4.69, 9.17) is 0 Å². The summed E-state index contributed by atoms with van der Waals surface area (Å²) in [7, 11) is 0. The molecule has 0 unspecified atom stereocenters. The summed E-state index contributed by atoms with van der Waals surface area (Å²) in [4.78, 5) is 11.5. The molecule has 1 aromatic carbocycles. The quantitative estimate of drug-likeness (QED) is 0.701. The van der Waals surface area contributed by atoms with E-state index in [0.717, 1.165) is 0 Å². The van der Waals surface area contributed by atoms with Crippen LogP contribution in [0.5, 0.6) is 0 Å². The number of alkyl halides is 2. The van der Waals surface area contributed by atoms with Gasteiger partial charge in [0.1, 0.15) is 5.54 Å². The summed E-state index contributed by atoms with van der Waals surface area (Å²) >= 11 is 0. The lowest BCUT2D eigenvalue weighted by atomic mass is 9.83. The van der Waals surface area contributed by atoms with E-state index in [0.29, 0.717) is 0 Å². The molecular weight excluding hydrogens is 200 g/mol. The standard InChI is InChI=1S/C11H11F2NO/c1-10(2)11(12,13)8-6-4-3-5-7(8)9(15)14-10/h3-6H,1-2H3,(H,14,15). The highest BCUT2D eigenvalue weighted by molar-refractivity contribution is 5.97. The normalized spacial score (nSPS) is 21.7. The molecule has 0 aliphatic carbocycles. The fraction of sp³-hybridized carbons (Fsp3) is 0.364. The van der Waals surface area contributed by atoms with Crippen molar-refractivity contribution in [3.8, 4) is 0 Å². The number of hydrogen-bond acceptors (Lipinski definition) is 1. The zero-order chi connectivity index (χ0) is 11.3. The minimum Gasteiger partial charge on any atom is -0.341 e. The molecule has 0 atom stereocenters. The molecule has 1 aliphatic heterocycles. The van der Waals surface area contributed by atoms with E-state index < -0.39 is 17.4 Å². The molecular formula is C11H11F2NO. The minimum absolute atomic E-state index is 0.0572. The van der Waals surface area contributed by atoms with Gasteiger partial charge in [0, 0.05) is 11.1 Å². The lowest BCUT2D eigenvalue weighted by molar-refractivity contribution is -0.0845. The molecule has 4 heteroatoms. The Morgan fingerprint density at radius 1 is 1.20 bits per heavy atom. The first-order valence-electron chi connectivity index (χ1n) is 4.66. The van der Waals surface area contributed by atoms with Gasteiger partial charge in [-0.1, -0.05) is 18.2 Å². The Morgan fingerprint density at radius 2 is 1.80 bits per heavy atom. The van der Waals surface area contributed by atoms with Crippen molar-refractivity contribution in [3.63, 3.8) is 0 Å². The highest BCUT2D eigenvalue weighted by atomic mass is 19.3. The van der Waals surface area contributed by atoms with Gasteiger partial charge in [0.25, 0.3) is 11.8 Å². The largest absolute Gasteiger partial charge is 0.341 e. The van der Waals surface area contributed by atoms with Gasteiger partial charge >= 0.3 is 0 Å². The van der Waals surface area contributed by atoms with Crippen LogP contribution in [-0.4, -0.2) is 11.4 Å². The summed E-state index contributed by atoms with van der Waals surface area (Å²) in [5.41, 5.74) is -1.68. The van der Waals surface area contributed by atoms with E-state index in [9.17, 15) is 13.6 Å². The van der Waals surface area contributed by atoms with Gasteiger partial charge in [0.2, 0.25) is 0 Å². The Hall–Kier alpha value is -1.45. The van der Waals surface area contributed by atoms with Crippen LogP contribution >= 0.6 is 0 Å². The monoisotopic (exact) mass is 211 g/mol. The highest BCUT2D eigenvalue weighted by Gasteiger charge is 2.53. The molecule has 0 fully saturated rings. The molecule has 0 bridgehead atoms. The zero-order valence-electron chi connectivity index (χ0n) is 8.47. The topological polar surface area (TPSA) is 29.1 Å². The third-order valence-electron chi connectivity index (χ3n) is 2.72. The Kier molecular flexibility index (Phi) is 1.87. The molecule has 80 valence electrons. The third-order valence-corrected chi connectivity index (χ3v) is 2.72. The number of rotatable bonds is 0. The average Bonchev–Trinajstić information content (AvgIpc) is 2.15. The summed E-state index contributed by atoms with van der Waals surface area (Å²) in [6.45, 7) is 2.64. The van der Waals surface area contributed by atoms with Crippen molar-refractivity contribution in [3.05, 3.63) is 35.4 Å². The van der Waals surface area contributed by atoms with Gasteiger partial charge in [-0.15, -0.1) is 0 Å². The molecule has 0 aromatic heterocycles. The Labute approximate surface area is 86.3 Å². The number of nitrogens with one attached hydrogen (secondary N) is 1. The zero-order valence-corrected chi connectivity index (χ0v) is 8.47. The Bertz CT molecular complexity index is 426. The summed E-state index contributed by atoms with van der Waals surface area (Å²) in [5, 5.41) is 2.31. The predicted molar refractivity (Wildman–Crippen MR) is 51.9 cm³/mol. The van der Waals surface area contributed by atoms with Crippen molar-refractivity contribution in [1.29, 1.82) is 0 Å². The van der Waals surface area contributed by atoms with E-state index in [2.05, 4.69) is 5.32 Å². The maximum Gasteiger partial charge on any atom is 0.295 e. The summed E-state index contributed by atoms with van der Waals surface area (Å²) in [6.07, 6.45) is 0. The van der Waals surface area contributed by atoms with E-state index in [-0.39, 0.29) is 11.1 Å². The van der Waals surface area contributed by atoms with Gasteiger partial charge in [0.05, 0.1) is 0 Å². The van der Waals surface area contributed by atoms with E-state index in [1.54, 1.807) is 6.07 Å². The van der Waals surface area contributed by atoms with Crippen molar-refractivity contribution < 1.29 is 13.6 Å². The molecule has 2 rings (SSSR count). The van der Waals surface area contributed by atoms with Crippen LogP contribution in [0.2, 0.25) is 0 Å². The molecule has 15 heavy (non-hydrogen) atoms. The molecule has 1 heterocycles. The fourth-order valence-corrected chi connectivity index (χ4v) is 1.72. The number of benzene rings is 1. The van der Waals surface area contributed by atoms with Crippen LogP contribution in [0.25, 0.3) is 0 Å². The average molecular weight is 211 g/mol. The second kappa shape index (κ2) is 2.78. The molecule has 0 saturated carbocycles. The summed E-state index contributed by atoms with van der Waals surface area (Å²) in [6, 6.07) is 5.80. The van der Waals surface area contributed by atoms with E-state index >= 15 is 0 Å². The summed E-state index contributed by atoms with van der Waals surface area (Å²) in [5.74, 6) is -3.49. The predicted octanol–water partition coefficient (Wildman–Crippen LogP) is 2.30. The number of carbonyl (C=O) groups is 1. The van der Waals surface area contributed by atoms with Gasteiger partial charge < -0.3 is 5.32 Å². The van der Waals surface area contributed by atoms with Crippen molar-refractivity contribution in [2.24, 2.45) is 0 Å². The lowest BCUT2D eigenvalue weighted by Crippen LogP contribution is -2.58. The van der Waals surface area contributed by atoms with Crippen LogP contribution in [0.3, 0.4) is 0 Å². The van der Waals surface area contributed by atoms with Gasteiger partial charge in [-0.05, 0) is 19.9 Å². The van der Waals surface area contributed by atoms with Crippen molar-refractivity contribution >= 4 is 5.91 Å². The van der Waals surface area contributed by atoms with Crippen LogP contribution in [-0.2, 0) is 5.92 Å². The molecule has 2 nitrogen and oxygen atoms in total.